The molecule has 0 radical (unpaired) electrons. The molecule has 0 unspecified atom stereocenters. The molecule has 8 nitrogen and oxygen atoms in total. The lowest BCUT2D eigenvalue weighted by molar-refractivity contribution is -0.113. The third kappa shape index (κ3) is 4.50. The van der Waals surface area contributed by atoms with Crippen LogP contribution < -0.4 is 15.6 Å². The molecule has 0 spiro atoms. The van der Waals surface area contributed by atoms with Crippen LogP contribution in [0.3, 0.4) is 0 Å². The highest BCUT2D eigenvalue weighted by molar-refractivity contribution is 8.01. The van der Waals surface area contributed by atoms with Crippen molar-refractivity contribution in [1.82, 2.24) is 19.8 Å². The third-order valence-corrected chi connectivity index (χ3v) is 5.70. The normalized spacial score (nSPS) is 11.6. The second-order valence-electron chi connectivity index (χ2n) is 6.93. The van der Waals surface area contributed by atoms with Crippen LogP contribution in [0.1, 0.15) is 33.4 Å². The number of hydrogen-bond donors (Lipinski definition) is 1. The second-order valence-corrected chi connectivity index (χ2v) is 9.11. The van der Waals surface area contributed by atoms with Crippen molar-refractivity contribution in [3.8, 4) is 5.75 Å². The first-order valence-corrected chi connectivity index (χ1v) is 10.5. The molecule has 2 aromatic heterocycles. The zero-order chi connectivity index (χ0) is 20.3. The fourth-order valence-electron chi connectivity index (χ4n) is 2.39. The first-order chi connectivity index (χ1) is 13.3. The smallest absolute Gasteiger partial charge is 0.297 e. The average molecular weight is 420 g/mol. The van der Waals surface area contributed by atoms with Gasteiger partial charge >= 0.3 is 0 Å². The van der Waals surface area contributed by atoms with Gasteiger partial charge in [-0.3, -0.25) is 9.59 Å². The molecule has 0 aliphatic carbocycles. The van der Waals surface area contributed by atoms with Gasteiger partial charge in [-0.15, -0.1) is 15.3 Å². The van der Waals surface area contributed by atoms with Crippen molar-refractivity contribution in [3.05, 3.63) is 40.3 Å². The molecule has 0 aliphatic heterocycles. The van der Waals surface area contributed by atoms with E-state index in [0.29, 0.717) is 33.0 Å². The van der Waals surface area contributed by atoms with Gasteiger partial charge in [0.25, 0.3) is 5.56 Å². The van der Waals surface area contributed by atoms with Crippen LogP contribution in [-0.4, -0.2) is 38.1 Å². The van der Waals surface area contributed by atoms with E-state index in [1.54, 1.807) is 12.1 Å². The Labute approximate surface area is 170 Å². The summed E-state index contributed by atoms with van der Waals surface area (Å²) in [7, 11) is 0. The number of nitrogens with zero attached hydrogens (tertiary/aromatic N) is 4. The van der Waals surface area contributed by atoms with Gasteiger partial charge in [-0.25, -0.2) is 0 Å². The monoisotopic (exact) mass is 419 g/mol. The van der Waals surface area contributed by atoms with Crippen LogP contribution in [-0.2, 0) is 10.2 Å². The van der Waals surface area contributed by atoms with Crippen molar-refractivity contribution in [2.45, 2.75) is 37.4 Å². The lowest BCUT2D eigenvalue weighted by Gasteiger charge is -2.14. The molecule has 0 saturated heterocycles. The number of amides is 1. The molecule has 3 rings (SSSR count). The van der Waals surface area contributed by atoms with E-state index >= 15 is 0 Å². The predicted molar refractivity (Wildman–Crippen MR) is 111 cm³/mol. The van der Waals surface area contributed by atoms with Crippen LogP contribution in [0.5, 0.6) is 5.75 Å². The van der Waals surface area contributed by atoms with Crippen molar-refractivity contribution in [2.24, 2.45) is 0 Å². The number of benzene rings is 1. The molecule has 0 saturated carbocycles. The van der Waals surface area contributed by atoms with Crippen LogP contribution in [0.25, 0.3) is 4.96 Å². The summed E-state index contributed by atoms with van der Waals surface area (Å²) in [5.41, 5.74) is 0.278. The molecule has 1 amide bonds. The van der Waals surface area contributed by atoms with Gasteiger partial charge < -0.3 is 10.1 Å². The Hall–Kier alpha value is -2.46. The highest BCUT2D eigenvalue weighted by Crippen LogP contribution is 2.26. The van der Waals surface area contributed by atoms with Gasteiger partial charge in [-0.05, 0) is 19.1 Å². The Morgan fingerprint density at radius 3 is 2.75 bits per heavy atom. The van der Waals surface area contributed by atoms with E-state index in [0.717, 1.165) is 0 Å². The number of fused-ring (bicyclic) bond motifs is 1. The quantitative estimate of drug-likeness (QED) is 0.613. The van der Waals surface area contributed by atoms with Gasteiger partial charge in [0.1, 0.15) is 11.4 Å². The minimum Gasteiger partial charge on any atom is -0.492 e. The number of nitrogens with one attached hydrogen (secondary N) is 1. The molecule has 0 aliphatic rings. The Balaban J connectivity index is 1.71. The van der Waals surface area contributed by atoms with E-state index in [9.17, 15) is 9.59 Å². The summed E-state index contributed by atoms with van der Waals surface area (Å²) in [4.78, 5) is 25.3. The molecular formula is C18H21N5O3S2. The van der Waals surface area contributed by atoms with Crippen LogP contribution >= 0.6 is 23.1 Å². The number of carbonyl (C=O) groups excluding carboxylic acids is 1. The molecule has 0 atom stereocenters. The fourth-order valence-corrected chi connectivity index (χ4v) is 4.06. The second kappa shape index (κ2) is 8.27. The van der Waals surface area contributed by atoms with Gasteiger partial charge in [0.15, 0.2) is 4.34 Å². The number of thioether (sulfide) groups is 1. The molecular weight excluding hydrogens is 398 g/mol. The zero-order valence-corrected chi connectivity index (χ0v) is 17.7. The summed E-state index contributed by atoms with van der Waals surface area (Å²) in [6.45, 7) is 8.10. The number of carbonyl (C=O) groups is 1. The molecule has 2 heterocycles. The van der Waals surface area contributed by atoms with E-state index in [-0.39, 0.29) is 17.2 Å². The molecule has 148 valence electrons. The van der Waals surface area contributed by atoms with Crippen LogP contribution in [0.2, 0.25) is 0 Å². The summed E-state index contributed by atoms with van der Waals surface area (Å²) >= 11 is 2.47. The summed E-state index contributed by atoms with van der Waals surface area (Å²) in [6, 6.07) is 7.27. The molecule has 10 heteroatoms. The van der Waals surface area contributed by atoms with Crippen LogP contribution in [0.4, 0.5) is 5.69 Å². The average Bonchev–Trinajstić information content (AvgIpc) is 3.05. The van der Waals surface area contributed by atoms with Crippen LogP contribution in [0, 0.1) is 0 Å². The topological polar surface area (TPSA) is 98.5 Å². The molecule has 1 N–H and O–H groups in total. The van der Waals surface area contributed by atoms with Crippen molar-refractivity contribution in [2.75, 3.05) is 17.7 Å². The summed E-state index contributed by atoms with van der Waals surface area (Å²) in [5, 5.41) is 15.3. The summed E-state index contributed by atoms with van der Waals surface area (Å²) in [5.74, 6) is 0.583. The Morgan fingerprint density at radius 1 is 1.29 bits per heavy atom. The summed E-state index contributed by atoms with van der Waals surface area (Å²) < 4.78 is 7.33. The maximum absolute atomic E-state index is 12.6. The predicted octanol–water partition coefficient (Wildman–Crippen LogP) is 2.97. The number of aromatic nitrogens is 4. The number of hydrogen-bond acceptors (Lipinski definition) is 8. The lowest BCUT2D eigenvalue weighted by atomic mass is 9.93. The first kappa shape index (κ1) is 20.3. The highest BCUT2D eigenvalue weighted by Gasteiger charge is 2.23. The Bertz CT molecular complexity index is 1060. The van der Waals surface area contributed by atoms with E-state index in [1.165, 1.54) is 27.6 Å². The number of ether oxygens (including phenoxy) is 1. The first-order valence-electron chi connectivity index (χ1n) is 8.71. The molecule has 0 bridgehead atoms. The number of anilines is 1. The van der Waals surface area contributed by atoms with E-state index in [4.69, 9.17) is 4.74 Å². The third-order valence-electron chi connectivity index (χ3n) is 3.67. The molecule has 28 heavy (non-hydrogen) atoms. The minimum absolute atomic E-state index is 0.147. The minimum atomic E-state index is -0.421. The molecule has 1 aromatic carbocycles. The molecule has 0 fully saturated rings. The van der Waals surface area contributed by atoms with Gasteiger partial charge in [0, 0.05) is 5.41 Å². The zero-order valence-electron chi connectivity index (χ0n) is 16.1. The fraction of sp³-hybridized carbons (Fsp3) is 0.389. The number of rotatable bonds is 6. The van der Waals surface area contributed by atoms with Crippen molar-refractivity contribution < 1.29 is 9.53 Å². The standard InChI is InChI=1S/C18H21N5O3S2/c1-5-26-12-9-7-6-8-11(12)19-13(24)10-27-17-22-23-15(25)14(18(2,3)4)20-21-16(23)28-17/h6-9H,5,10H2,1-4H3,(H,19,24). The van der Waals surface area contributed by atoms with Gasteiger partial charge in [-0.2, -0.15) is 4.52 Å². The van der Waals surface area contributed by atoms with Crippen molar-refractivity contribution >= 4 is 39.7 Å². The lowest BCUT2D eigenvalue weighted by Crippen LogP contribution is -2.30. The van der Waals surface area contributed by atoms with Crippen molar-refractivity contribution in [1.29, 1.82) is 0 Å². The highest BCUT2D eigenvalue weighted by atomic mass is 32.2. The van der Waals surface area contributed by atoms with Crippen molar-refractivity contribution in [3.63, 3.8) is 0 Å². The van der Waals surface area contributed by atoms with E-state index in [1.807, 2.05) is 39.8 Å². The summed E-state index contributed by atoms with van der Waals surface area (Å²) in [6.07, 6.45) is 0. The van der Waals surface area contributed by atoms with Crippen LogP contribution in [0.15, 0.2) is 33.4 Å². The maximum atomic E-state index is 12.6. The largest absolute Gasteiger partial charge is 0.492 e. The van der Waals surface area contributed by atoms with E-state index < -0.39 is 5.41 Å². The van der Waals surface area contributed by atoms with Gasteiger partial charge in [0.2, 0.25) is 10.9 Å². The maximum Gasteiger partial charge on any atom is 0.297 e. The van der Waals surface area contributed by atoms with Gasteiger partial charge in [0.05, 0.1) is 18.0 Å². The van der Waals surface area contributed by atoms with Gasteiger partial charge in [-0.1, -0.05) is 56.0 Å². The molecule has 3 aromatic rings. The Kier molecular flexibility index (Phi) is 5.99. The number of para-hydroxylation sites is 2. The van der Waals surface area contributed by atoms with E-state index in [2.05, 4.69) is 20.6 Å². The Morgan fingerprint density at radius 2 is 2.04 bits per heavy atom. The SMILES string of the molecule is CCOc1ccccc1NC(=O)CSc1nn2c(=O)c(C(C)(C)C)nnc2s1.